The number of rotatable bonds is 4. The van der Waals surface area contributed by atoms with Gasteiger partial charge >= 0.3 is 6.09 Å². The Labute approximate surface area is 123 Å². The number of halogens is 1. The Morgan fingerprint density at radius 3 is 2.75 bits per heavy atom. The number of nitrogens with one attached hydrogen (secondary N) is 1. The first-order valence-corrected chi connectivity index (χ1v) is 7.04. The van der Waals surface area contributed by atoms with Gasteiger partial charge in [-0.2, -0.15) is 0 Å². The zero-order valence-corrected chi connectivity index (χ0v) is 12.3. The summed E-state index contributed by atoms with van der Waals surface area (Å²) in [5.74, 6) is 0.321. The van der Waals surface area contributed by atoms with Crippen molar-refractivity contribution in [3.05, 3.63) is 35.4 Å². The minimum atomic E-state index is -0.525. The molecule has 1 aromatic carbocycles. The number of nitrogens with zero attached hydrogens (tertiary/aromatic N) is 1. The van der Waals surface area contributed by atoms with Gasteiger partial charge in [0.25, 0.3) is 0 Å². The number of para-hydroxylation sites is 1. The fourth-order valence-electron chi connectivity index (χ4n) is 1.91. The lowest BCUT2D eigenvalue weighted by Gasteiger charge is -2.14. The summed E-state index contributed by atoms with van der Waals surface area (Å²) in [6.07, 6.45) is 0.948. The minimum Gasteiger partial charge on any atom is -0.446 e. The van der Waals surface area contributed by atoms with E-state index in [0.29, 0.717) is 10.8 Å². The molecule has 106 valence electrons. The highest BCUT2D eigenvalue weighted by molar-refractivity contribution is 6.34. The third-order valence-corrected chi connectivity index (χ3v) is 3.37. The highest BCUT2D eigenvalue weighted by atomic mass is 35.5. The van der Waals surface area contributed by atoms with Gasteiger partial charge in [0.05, 0.1) is 10.5 Å². The Morgan fingerprint density at radius 2 is 2.05 bits per heavy atom. The monoisotopic (exact) mass is 292 g/mol. The van der Waals surface area contributed by atoms with Gasteiger partial charge in [0, 0.05) is 5.39 Å². The molecule has 5 heteroatoms. The molecule has 2 rings (SSSR count). The standard InChI is InChI=1S/C15H17ClN2O2/c1-3-11(4-2)20-15(19)18-14-12(16)9-10-7-5-6-8-13(10)17-14/h5-9,11H,3-4H2,1-2H3,(H,17,18,19). The first-order chi connectivity index (χ1) is 9.63. The van der Waals surface area contributed by atoms with E-state index >= 15 is 0 Å². The van der Waals surface area contributed by atoms with Crippen molar-refractivity contribution in [2.75, 3.05) is 5.32 Å². The van der Waals surface area contributed by atoms with E-state index in [1.165, 1.54) is 0 Å². The molecule has 2 aromatic rings. The summed E-state index contributed by atoms with van der Waals surface area (Å²) in [5, 5.41) is 3.92. The molecule has 0 bridgehead atoms. The van der Waals surface area contributed by atoms with Crippen molar-refractivity contribution in [2.24, 2.45) is 0 Å². The van der Waals surface area contributed by atoms with Gasteiger partial charge in [-0.15, -0.1) is 0 Å². The van der Waals surface area contributed by atoms with Gasteiger partial charge in [0.2, 0.25) is 0 Å². The maximum Gasteiger partial charge on any atom is 0.413 e. The number of amides is 1. The number of fused-ring (bicyclic) bond motifs is 1. The minimum absolute atomic E-state index is 0.0887. The van der Waals surface area contributed by atoms with Gasteiger partial charge in [-0.05, 0) is 25.0 Å². The molecule has 0 aliphatic heterocycles. The predicted octanol–water partition coefficient (Wildman–Crippen LogP) is 4.63. The van der Waals surface area contributed by atoms with Crippen LogP contribution < -0.4 is 5.32 Å². The lowest BCUT2D eigenvalue weighted by molar-refractivity contribution is 0.106. The molecule has 0 radical (unpaired) electrons. The maximum atomic E-state index is 11.8. The van der Waals surface area contributed by atoms with Crippen LogP contribution in [0.3, 0.4) is 0 Å². The van der Waals surface area contributed by atoms with E-state index in [-0.39, 0.29) is 6.10 Å². The van der Waals surface area contributed by atoms with Crippen LogP contribution in [0.5, 0.6) is 0 Å². The summed E-state index contributed by atoms with van der Waals surface area (Å²) in [4.78, 5) is 16.1. The Kier molecular flexibility index (Phi) is 4.79. The summed E-state index contributed by atoms with van der Waals surface area (Å²) in [6, 6.07) is 9.35. The van der Waals surface area contributed by atoms with Crippen LogP contribution in [0.1, 0.15) is 26.7 Å². The summed E-state index contributed by atoms with van der Waals surface area (Å²) < 4.78 is 5.27. The van der Waals surface area contributed by atoms with Gasteiger partial charge in [-0.3, -0.25) is 5.32 Å². The molecule has 1 N–H and O–H groups in total. The quantitative estimate of drug-likeness (QED) is 0.894. The van der Waals surface area contributed by atoms with Crippen LogP contribution >= 0.6 is 11.6 Å². The largest absolute Gasteiger partial charge is 0.446 e. The number of ether oxygens (including phenoxy) is 1. The zero-order valence-electron chi connectivity index (χ0n) is 11.5. The number of benzene rings is 1. The molecule has 1 heterocycles. The third-order valence-electron chi connectivity index (χ3n) is 3.08. The van der Waals surface area contributed by atoms with E-state index in [2.05, 4.69) is 10.3 Å². The normalized spacial score (nSPS) is 10.8. The van der Waals surface area contributed by atoms with Crippen molar-refractivity contribution in [3.63, 3.8) is 0 Å². The first kappa shape index (κ1) is 14.6. The van der Waals surface area contributed by atoms with Gasteiger partial charge in [-0.25, -0.2) is 9.78 Å². The van der Waals surface area contributed by atoms with Crippen LogP contribution in [-0.2, 0) is 4.74 Å². The van der Waals surface area contributed by atoms with Gasteiger partial charge < -0.3 is 4.74 Å². The van der Waals surface area contributed by atoms with Gasteiger partial charge in [0.15, 0.2) is 5.82 Å². The molecular weight excluding hydrogens is 276 g/mol. The van der Waals surface area contributed by atoms with Crippen LogP contribution in [0.4, 0.5) is 10.6 Å². The van der Waals surface area contributed by atoms with Crippen LogP contribution in [-0.4, -0.2) is 17.2 Å². The molecule has 1 amide bonds. The second kappa shape index (κ2) is 6.57. The van der Waals surface area contributed by atoms with Crippen molar-refractivity contribution in [1.29, 1.82) is 0 Å². The van der Waals surface area contributed by atoms with Crippen LogP contribution in [0.15, 0.2) is 30.3 Å². The van der Waals surface area contributed by atoms with E-state index in [1.807, 2.05) is 38.1 Å². The fraction of sp³-hybridized carbons (Fsp3) is 0.333. The topological polar surface area (TPSA) is 51.2 Å². The molecule has 0 atom stereocenters. The average Bonchev–Trinajstić information content (AvgIpc) is 2.45. The molecule has 4 nitrogen and oxygen atoms in total. The molecule has 20 heavy (non-hydrogen) atoms. The molecule has 1 aromatic heterocycles. The number of hydrogen-bond acceptors (Lipinski definition) is 3. The van der Waals surface area contributed by atoms with Crippen LogP contribution in [0.2, 0.25) is 5.02 Å². The fourth-order valence-corrected chi connectivity index (χ4v) is 2.12. The number of aromatic nitrogens is 1. The predicted molar refractivity (Wildman–Crippen MR) is 81.2 cm³/mol. The van der Waals surface area contributed by atoms with E-state index in [0.717, 1.165) is 23.7 Å². The maximum absolute atomic E-state index is 11.8. The SMILES string of the molecule is CCC(CC)OC(=O)Nc1nc2ccccc2cc1Cl. The second-order valence-electron chi connectivity index (χ2n) is 4.48. The molecular formula is C15H17ClN2O2. The van der Waals surface area contributed by atoms with Crippen LogP contribution in [0, 0.1) is 0 Å². The second-order valence-corrected chi connectivity index (χ2v) is 4.89. The van der Waals surface area contributed by atoms with Crippen molar-refractivity contribution >= 4 is 34.4 Å². The summed E-state index contributed by atoms with van der Waals surface area (Å²) in [5.41, 5.74) is 0.773. The van der Waals surface area contributed by atoms with Crippen molar-refractivity contribution in [3.8, 4) is 0 Å². The van der Waals surface area contributed by atoms with Crippen molar-refractivity contribution < 1.29 is 9.53 Å². The van der Waals surface area contributed by atoms with E-state index < -0.39 is 6.09 Å². The number of pyridine rings is 1. The molecule has 0 aliphatic carbocycles. The zero-order chi connectivity index (χ0) is 14.5. The van der Waals surface area contributed by atoms with E-state index in [9.17, 15) is 4.79 Å². The third kappa shape index (κ3) is 3.39. The highest BCUT2D eigenvalue weighted by Crippen LogP contribution is 2.24. The number of carbonyl (C=O) groups is 1. The molecule has 0 unspecified atom stereocenters. The lowest BCUT2D eigenvalue weighted by atomic mass is 10.2. The number of hydrogen-bond donors (Lipinski definition) is 1. The van der Waals surface area contributed by atoms with Crippen molar-refractivity contribution in [2.45, 2.75) is 32.8 Å². The first-order valence-electron chi connectivity index (χ1n) is 6.67. The summed E-state index contributed by atoms with van der Waals surface area (Å²) >= 11 is 6.12. The molecule has 0 saturated heterocycles. The Hall–Kier alpha value is -1.81. The lowest BCUT2D eigenvalue weighted by Crippen LogP contribution is -2.22. The van der Waals surface area contributed by atoms with E-state index in [1.54, 1.807) is 6.07 Å². The van der Waals surface area contributed by atoms with Gasteiger partial charge in [0.1, 0.15) is 6.10 Å². The van der Waals surface area contributed by atoms with Gasteiger partial charge in [-0.1, -0.05) is 43.6 Å². The van der Waals surface area contributed by atoms with E-state index in [4.69, 9.17) is 16.3 Å². The Morgan fingerprint density at radius 1 is 1.35 bits per heavy atom. The number of carbonyl (C=O) groups excluding carboxylic acids is 1. The Balaban J connectivity index is 2.16. The average molecular weight is 293 g/mol. The molecule has 0 saturated carbocycles. The number of anilines is 1. The van der Waals surface area contributed by atoms with Crippen LogP contribution in [0.25, 0.3) is 10.9 Å². The summed E-state index contributed by atoms with van der Waals surface area (Å²) in [6.45, 7) is 3.95. The van der Waals surface area contributed by atoms with Crippen molar-refractivity contribution in [1.82, 2.24) is 4.98 Å². The Bertz CT molecular complexity index is 612. The molecule has 0 aliphatic rings. The smallest absolute Gasteiger partial charge is 0.413 e. The molecule has 0 spiro atoms. The highest BCUT2D eigenvalue weighted by Gasteiger charge is 2.13. The molecule has 0 fully saturated rings. The summed E-state index contributed by atoms with van der Waals surface area (Å²) in [7, 11) is 0.